The number of nitrogens with zero attached hydrogens (tertiary/aromatic N) is 1. The van der Waals surface area contributed by atoms with E-state index in [0.29, 0.717) is 11.4 Å². The standard InChI is InChI=1S/C19H21F2N3O3/c1-13-3-5-14(6-4-13)22-17(25)11-24(2)12-18(26)23-15-7-9-16(10-8-15)27-19(20)21/h3-10,19H,11-12H2,1-2H3,(H,22,25)(H,23,26). The highest BCUT2D eigenvalue weighted by Gasteiger charge is 2.11. The van der Waals surface area contributed by atoms with Gasteiger partial charge in [0.25, 0.3) is 0 Å². The van der Waals surface area contributed by atoms with Gasteiger partial charge in [-0.05, 0) is 50.4 Å². The minimum Gasteiger partial charge on any atom is -0.435 e. The quantitative estimate of drug-likeness (QED) is 0.742. The molecule has 2 aromatic rings. The van der Waals surface area contributed by atoms with Gasteiger partial charge in [0.1, 0.15) is 5.75 Å². The normalized spacial score (nSPS) is 10.7. The van der Waals surface area contributed by atoms with E-state index in [9.17, 15) is 18.4 Å². The Bertz CT molecular complexity index is 765. The summed E-state index contributed by atoms with van der Waals surface area (Å²) in [6.07, 6.45) is 0. The van der Waals surface area contributed by atoms with Crippen molar-refractivity contribution in [1.29, 1.82) is 0 Å². The second-order valence-corrected chi connectivity index (χ2v) is 6.04. The third-order valence-electron chi connectivity index (χ3n) is 3.53. The van der Waals surface area contributed by atoms with E-state index < -0.39 is 6.61 Å². The van der Waals surface area contributed by atoms with Gasteiger partial charge >= 0.3 is 6.61 Å². The van der Waals surface area contributed by atoms with E-state index in [-0.39, 0.29) is 30.7 Å². The Kier molecular flexibility index (Phi) is 7.25. The highest BCUT2D eigenvalue weighted by atomic mass is 19.3. The van der Waals surface area contributed by atoms with Crippen molar-refractivity contribution < 1.29 is 23.1 Å². The molecule has 0 atom stereocenters. The molecule has 0 bridgehead atoms. The van der Waals surface area contributed by atoms with Gasteiger partial charge in [-0.2, -0.15) is 8.78 Å². The fourth-order valence-electron chi connectivity index (χ4n) is 2.30. The van der Waals surface area contributed by atoms with Crippen LogP contribution >= 0.6 is 0 Å². The average molecular weight is 377 g/mol. The number of nitrogens with one attached hydrogen (secondary N) is 2. The summed E-state index contributed by atoms with van der Waals surface area (Å²) < 4.78 is 28.4. The van der Waals surface area contributed by atoms with Gasteiger partial charge < -0.3 is 15.4 Å². The van der Waals surface area contributed by atoms with Crippen LogP contribution in [0.25, 0.3) is 0 Å². The van der Waals surface area contributed by atoms with E-state index >= 15 is 0 Å². The monoisotopic (exact) mass is 377 g/mol. The van der Waals surface area contributed by atoms with Gasteiger partial charge in [-0.25, -0.2) is 0 Å². The van der Waals surface area contributed by atoms with Gasteiger partial charge in [0, 0.05) is 11.4 Å². The van der Waals surface area contributed by atoms with Crippen molar-refractivity contribution in [2.45, 2.75) is 13.5 Å². The maximum absolute atomic E-state index is 12.1. The first-order valence-electron chi connectivity index (χ1n) is 8.21. The molecule has 0 aromatic heterocycles. The molecule has 2 amide bonds. The molecule has 0 aliphatic carbocycles. The van der Waals surface area contributed by atoms with Crippen LogP contribution in [0.3, 0.4) is 0 Å². The molecule has 2 N–H and O–H groups in total. The second kappa shape index (κ2) is 9.63. The summed E-state index contributed by atoms with van der Waals surface area (Å²) in [6.45, 7) is -0.902. The van der Waals surface area contributed by atoms with Crippen LogP contribution in [-0.4, -0.2) is 43.5 Å². The molecule has 0 aliphatic rings. The van der Waals surface area contributed by atoms with Gasteiger partial charge in [0.15, 0.2) is 0 Å². The zero-order chi connectivity index (χ0) is 19.8. The zero-order valence-corrected chi connectivity index (χ0v) is 15.0. The molecular weight excluding hydrogens is 356 g/mol. The van der Waals surface area contributed by atoms with E-state index in [0.717, 1.165) is 5.56 Å². The highest BCUT2D eigenvalue weighted by molar-refractivity contribution is 5.94. The third kappa shape index (κ3) is 7.41. The van der Waals surface area contributed by atoms with Gasteiger partial charge in [-0.3, -0.25) is 14.5 Å². The Morgan fingerprint density at radius 1 is 0.926 bits per heavy atom. The molecule has 2 aromatic carbocycles. The molecule has 0 heterocycles. The number of amides is 2. The maximum atomic E-state index is 12.1. The first-order valence-corrected chi connectivity index (χ1v) is 8.21. The van der Waals surface area contributed by atoms with Crippen molar-refractivity contribution in [3.63, 3.8) is 0 Å². The summed E-state index contributed by atoms with van der Waals surface area (Å²) in [6, 6.07) is 13.0. The average Bonchev–Trinajstić information content (AvgIpc) is 2.58. The predicted molar refractivity (Wildman–Crippen MR) is 99.0 cm³/mol. The highest BCUT2D eigenvalue weighted by Crippen LogP contribution is 2.17. The van der Waals surface area contributed by atoms with Crippen molar-refractivity contribution in [2.24, 2.45) is 0 Å². The molecule has 2 rings (SSSR count). The smallest absolute Gasteiger partial charge is 0.387 e. The number of carbonyl (C=O) groups excluding carboxylic acids is 2. The number of aryl methyl sites for hydroxylation is 1. The number of likely N-dealkylation sites (N-methyl/N-ethyl adjacent to an activating group) is 1. The van der Waals surface area contributed by atoms with Crippen LogP contribution < -0.4 is 15.4 Å². The van der Waals surface area contributed by atoms with Crippen LogP contribution in [0.15, 0.2) is 48.5 Å². The number of anilines is 2. The Balaban J connectivity index is 1.77. The van der Waals surface area contributed by atoms with E-state index in [1.54, 1.807) is 24.1 Å². The van der Waals surface area contributed by atoms with Crippen LogP contribution in [0.4, 0.5) is 20.2 Å². The molecular formula is C19H21F2N3O3. The zero-order valence-electron chi connectivity index (χ0n) is 15.0. The largest absolute Gasteiger partial charge is 0.435 e. The summed E-state index contributed by atoms with van der Waals surface area (Å²) in [7, 11) is 1.65. The lowest BCUT2D eigenvalue weighted by molar-refractivity contribution is -0.119. The van der Waals surface area contributed by atoms with E-state index in [1.807, 2.05) is 19.1 Å². The van der Waals surface area contributed by atoms with Crippen LogP contribution in [0.1, 0.15) is 5.56 Å². The molecule has 8 heteroatoms. The van der Waals surface area contributed by atoms with Gasteiger partial charge in [0.2, 0.25) is 11.8 Å². The maximum Gasteiger partial charge on any atom is 0.387 e. The molecule has 0 aliphatic heterocycles. The van der Waals surface area contributed by atoms with Crippen LogP contribution in [0, 0.1) is 6.92 Å². The molecule has 6 nitrogen and oxygen atoms in total. The lowest BCUT2D eigenvalue weighted by Crippen LogP contribution is -2.36. The number of alkyl halides is 2. The van der Waals surface area contributed by atoms with Crippen LogP contribution in [0.2, 0.25) is 0 Å². The van der Waals surface area contributed by atoms with E-state index in [2.05, 4.69) is 15.4 Å². The Hall–Kier alpha value is -3.00. The van der Waals surface area contributed by atoms with Crippen LogP contribution in [0.5, 0.6) is 5.75 Å². The first-order chi connectivity index (χ1) is 12.8. The van der Waals surface area contributed by atoms with Crippen molar-refractivity contribution >= 4 is 23.2 Å². The van der Waals surface area contributed by atoms with Crippen LogP contribution in [-0.2, 0) is 9.59 Å². The number of hydrogen-bond donors (Lipinski definition) is 2. The first kappa shape index (κ1) is 20.3. The van der Waals surface area contributed by atoms with Gasteiger partial charge in [0.05, 0.1) is 13.1 Å². The van der Waals surface area contributed by atoms with Crippen molar-refractivity contribution in [3.8, 4) is 5.75 Å². The SMILES string of the molecule is Cc1ccc(NC(=O)CN(C)CC(=O)Nc2ccc(OC(F)F)cc2)cc1. The number of carbonyl (C=O) groups is 2. The van der Waals surface area contributed by atoms with Crippen molar-refractivity contribution in [1.82, 2.24) is 4.90 Å². The summed E-state index contributed by atoms with van der Waals surface area (Å²) in [5.74, 6) is -0.557. The Morgan fingerprint density at radius 2 is 1.37 bits per heavy atom. The molecule has 27 heavy (non-hydrogen) atoms. The number of halogens is 2. The summed E-state index contributed by atoms with van der Waals surface area (Å²) >= 11 is 0. The van der Waals surface area contributed by atoms with Gasteiger partial charge in [-0.1, -0.05) is 17.7 Å². The Morgan fingerprint density at radius 3 is 1.81 bits per heavy atom. The topological polar surface area (TPSA) is 70.7 Å². The Labute approximate surface area is 156 Å². The minimum absolute atomic E-state index is 0.00337. The third-order valence-corrected chi connectivity index (χ3v) is 3.53. The summed E-state index contributed by atoms with van der Waals surface area (Å²) in [4.78, 5) is 25.6. The number of benzene rings is 2. The molecule has 0 unspecified atom stereocenters. The van der Waals surface area contributed by atoms with E-state index in [4.69, 9.17) is 0 Å². The summed E-state index contributed by atoms with van der Waals surface area (Å²) in [5, 5.41) is 5.38. The summed E-state index contributed by atoms with van der Waals surface area (Å²) in [5.41, 5.74) is 2.23. The second-order valence-electron chi connectivity index (χ2n) is 6.04. The molecule has 144 valence electrons. The fourth-order valence-corrected chi connectivity index (χ4v) is 2.30. The lowest BCUT2D eigenvalue weighted by Gasteiger charge is -2.16. The lowest BCUT2D eigenvalue weighted by atomic mass is 10.2. The molecule has 0 radical (unpaired) electrons. The van der Waals surface area contributed by atoms with Crippen molar-refractivity contribution in [3.05, 3.63) is 54.1 Å². The number of rotatable bonds is 8. The number of ether oxygens (including phenoxy) is 1. The minimum atomic E-state index is -2.90. The predicted octanol–water partition coefficient (Wildman–Crippen LogP) is 3.11. The molecule has 0 saturated carbocycles. The number of hydrogen-bond acceptors (Lipinski definition) is 4. The van der Waals surface area contributed by atoms with E-state index in [1.165, 1.54) is 24.3 Å². The fraction of sp³-hybridized carbons (Fsp3) is 0.263. The van der Waals surface area contributed by atoms with Gasteiger partial charge in [-0.15, -0.1) is 0 Å². The molecule has 0 fully saturated rings. The van der Waals surface area contributed by atoms with Crippen molar-refractivity contribution in [2.75, 3.05) is 30.8 Å². The molecule has 0 saturated heterocycles. The molecule has 0 spiro atoms.